The molecule has 1 aliphatic heterocycles. The second-order valence-electron chi connectivity index (χ2n) is 8.93. The van der Waals surface area contributed by atoms with Crippen LogP contribution in [0.1, 0.15) is 70.8 Å². The third kappa shape index (κ3) is 7.11. The molecule has 3 N–H and O–H groups in total. The molecule has 0 saturated carbocycles. The molecule has 0 bridgehead atoms. The number of aromatic hydroxyl groups is 1. The molecular formula is C25H43N5O. The Kier molecular flexibility index (Phi) is 9.94. The number of nitrogens with zero attached hydrogens (tertiary/aromatic N) is 3. The highest BCUT2D eigenvalue weighted by atomic mass is 16.3. The Morgan fingerprint density at radius 2 is 1.81 bits per heavy atom. The normalized spacial score (nSPS) is 15.2. The SMILES string of the molecule is CCN(CC)CCCc1c(O)ccc2[nH]nc(NCCCCCCN3CCCCC3)c12. The Morgan fingerprint density at radius 1 is 1.03 bits per heavy atom. The van der Waals surface area contributed by atoms with Crippen molar-refractivity contribution in [3.05, 3.63) is 17.7 Å². The molecule has 1 aromatic heterocycles. The Balaban J connectivity index is 1.45. The maximum Gasteiger partial charge on any atom is 0.156 e. The monoisotopic (exact) mass is 429 g/mol. The number of piperidine rings is 1. The van der Waals surface area contributed by atoms with E-state index in [-0.39, 0.29) is 0 Å². The van der Waals surface area contributed by atoms with E-state index in [0.29, 0.717) is 5.75 Å². The second kappa shape index (κ2) is 12.9. The molecule has 0 amide bonds. The average molecular weight is 430 g/mol. The van der Waals surface area contributed by atoms with Crippen molar-refractivity contribution in [2.75, 3.05) is 51.1 Å². The maximum absolute atomic E-state index is 10.5. The number of H-pyrrole nitrogens is 1. The molecule has 0 aliphatic carbocycles. The van der Waals surface area contributed by atoms with Gasteiger partial charge in [0.15, 0.2) is 5.82 Å². The van der Waals surface area contributed by atoms with Gasteiger partial charge in [-0.1, -0.05) is 33.1 Å². The first kappa shape index (κ1) is 23.9. The van der Waals surface area contributed by atoms with Crippen molar-refractivity contribution in [2.24, 2.45) is 0 Å². The molecule has 0 atom stereocenters. The first-order chi connectivity index (χ1) is 15.2. The number of aromatic amines is 1. The minimum absolute atomic E-state index is 0.384. The quantitative estimate of drug-likeness (QED) is 0.369. The molecule has 6 nitrogen and oxygen atoms in total. The second-order valence-corrected chi connectivity index (χ2v) is 8.93. The molecule has 0 radical (unpaired) electrons. The lowest BCUT2D eigenvalue weighted by atomic mass is 10.0. The number of benzene rings is 1. The lowest BCUT2D eigenvalue weighted by molar-refractivity contribution is 0.224. The Morgan fingerprint density at radius 3 is 2.58 bits per heavy atom. The number of fused-ring (bicyclic) bond motifs is 1. The summed E-state index contributed by atoms with van der Waals surface area (Å²) in [5.74, 6) is 1.27. The van der Waals surface area contributed by atoms with E-state index in [2.05, 4.69) is 39.2 Å². The topological polar surface area (TPSA) is 67.4 Å². The number of unbranched alkanes of at least 4 members (excludes halogenated alkanes) is 3. The first-order valence-electron chi connectivity index (χ1n) is 12.6. The van der Waals surface area contributed by atoms with Gasteiger partial charge in [0.1, 0.15) is 5.75 Å². The standard InChI is InChI=1S/C25H43N5O/c1-3-29(4-2)20-12-13-21-23(31)15-14-22-24(21)25(28-27-22)26-16-8-5-6-9-17-30-18-10-7-11-19-30/h14-15,31H,3-13,16-20H2,1-2H3,(H2,26,27,28). The predicted octanol–water partition coefficient (Wildman–Crippen LogP) is 5.00. The van der Waals surface area contributed by atoms with E-state index in [4.69, 9.17) is 0 Å². The van der Waals surface area contributed by atoms with E-state index in [1.54, 1.807) is 6.07 Å². The molecular weight excluding hydrogens is 386 g/mol. The lowest BCUT2D eigenvalue weighted by Crippen LogP contribution is -2.30. The lowest BCUT2D eigenvalue weighted by Gasteiger charge is -2.26. The Bertz CT molecular complexity index is 765. The maximum atomic E-state index is 10.5. The summed E-state index contributed by atoms with van der Waals surface area (Å²) in [5.41, 5.74) is 2.02. The molecule has 0 spiro atoms. The molecule has 1 saturated heterocycles. The van der Waals surface area contributed by atoms with Gasteiger partial charge in [-0.2, -0.15) is 5.10 Å². The number of likely N-dealkylation sites (tertiary alicyclic amines) is 1. The van der Waals surface area contributed by atoms with Crippen LogP contribution in [0, 0.1) is 0 Å². The van der Waals surface area contributed by atoms with Crippen LogP contribution in [0.25, 0.3) is 10.9 Å². The summed E-state index contributed by atoms with van der Waals surface area (Å²) < 4.78 is 0. The highest BCUT2D eigenvalue weighted by Crippen LogP contribution is 2.32. The zero-order chi connectivity index (χ0) is 21.9. The number of aromatic nitrogens is 2. The van der Waals surface area contributed by atoms with Crippen molar-refractivity contribution in [1.29, 1.82) is 0 Å². The van der Waals surface area contributed by atoms with Crippen LogP contribution >= 0.6 is 0 Å². The van der Waals surface area contributed by atoms with E-state index >= 15 is 0 Å². The van der Waals surface area contributed by atoms with E-state index < -0.39 is 0 Å². The van der Waals surface area contributed by atoms with Crippen LogP contribution in [0.5, 0.6) is 5.75 Å². The molecule has 1 aliphatic rings. The zero-order valence-electron chi connectivity index (χ0n) is 19.8. The summed E-state index contributed by atoms with van der Waals surface area (Å²) in [7, 11) is 0. The van der Waals surface area contributed by atoms with Crippen molar-refractivity contribution < 1.29 is 5.11 Å². The summed E-state index contributed by atoms with van der Waals surface area (Å²) in [4.78, 5) is 5.06. The van der Waals surface area contributed by atoms with Crippen LogP contribution in [0.4, 0.5) is 5.82 Å². The smallest absolute Gasteiger partial charge is 0.156 e. The summed E-state index contributed by atoms with van der Waals surface area (Å²) in [6, 6.07) is 3.72. The molecule has 174 valence electrons. The van der Waals surface area contributed by atoms with Crippen molar-refractivity contribution >= 4 is 16.7 Å². The van der Waals surface area contributed by atoms with Crippen LogP contribution in [0.15, 0.2) is 12.1 Å². The van der Waals surface area contributed by atoms with Gasteiger partial charge in [-0.15, -0.1) is 0 Å². The fraction of sp³-hybridized carbons (Fsp3) is 0.720. The van der Waals surface area contributed by atoms with Gasteiger partial charge in [-0.05, 0) is 89.9 Å². The highest BCUT2D eigenvalue weighted by molar-refractivity contribution is 5.94. The number of nitrogens with one attached hydrogen (secondary N) is 2. The van der Waals surface area contributed by atoms with Crippen LogP contribution in [-0.4, -0.2) is 70.9 Å². The van der Waals surface area contributed by atoms with Gasteiger partial charge in [0, 0.05) is 12.1 Å². The Hall–Kier alpha value is -1.79. The minimum Gasteiger partial charge on any atom is -0.508 e. The summed E-state index contributed by atoms with van der Waals surface area (Å²) in [6.07, 6.45) is 11.1. The number of hydrogen-bond acceptors (Lipinski definition) is 5. The van der Waals surface area contributed by atoms with Gasteiger partial charge in [0.2, 0.25) is 0 Å². The number of rotatable bonds is 14. The molecule has 0 unspecified atom stereocenters. The number of anilines is 1. The number of phenolic OH excluding ortho intramolecular Hbond substituents is 1. The largest absolute Gasteiger partial charge is 0.508 e. The van der Waals surface area contributed by atoms with Crippen LogP contribution in [-0.2, 0) is 6.42 Å². The van der Waals surface area contributed by atoms with E-state index in [9.17, 15) is 5.11 Å². The number of hydrogen-bond donors (Lipinski definition) is 3. The third-order valence-electron chi connectivity index (χ3n) is 6.75. The van der Waals surface area contributed by atoms with Crippen molar-refractivity contribution in [1.82, 2.24) is 20.0 Å². The number of aryl methyl sites for hydroxylation is 1. The van der Waals surface area contributed by atoms with Gasteiger partial charge >= 0.3 is 0 Å². The van der Waals surface area contributed by atoms with Crippen molar-refractivity contribution in [3.8, 4) is 5.75 Å². The summed E-state index contributed by atoms with van der Waals surface area (Å²) in [5, 5.41) is 22.7. The third-order valence-corrected chi connectivity index (χ3v) is 6.75. The molecule has 2 aromatic rings. The average Bonchev–Trinajstić information content (AvgIpc) is 3.21. The summed E-state index contributed by atoms with van der Waals surface area (Å²) in [6.45, 7) is 12.4. The fourth-order valence-corrected chi connectivity index (χ4v) is 4.78. The molecule has 3 rings (SSSR count). The fourth-order valence-electron chi connectivity index (χ4n) is 4.78. The van der Waals surface area contributed by atoms with E-state index in [1.165, 1.54) is 58.2 Å². The van der Waals surface area contributed by atoms with E-state index in [0.717, 1.165) is 67.7 Å². The predicted molar refractivity (Wildman–Crippen MR) is 131 cm³/mol. The van der Waals surface area contributed by atoms with Gasteiger partial charge in [0.25, 0.3) is 0 Å². The van der Waals surface area contributed by atoms with Gasteiger partial charge in [-0.25, -0.2) is 0 Å². The zero-order valence-corrected chi connectivity index (χ0v) is 19.8. The van der Waals surface area contributed by atoms with Gasteiger partial charge in [0.05, 0.1) is 10.9 Å². The van der Waals surface area contributed by atoms with Gasteiger partial charge in [-0.3, -0.25) is 5.10 Å². The minimum atomic E-state index is 0.384. The van der Waals surface area contributed by atoms with E-state index in [1.807, 2.05) is 6.07 Å². The molecule has 2 heterocycles. The highest BCUT2D eigenvalue weighted by Gasteiger charge is 2.14. The molecule has 6 heteroatoms. The number of phenols is 1. The molecule has 1 aromatic carbocycles. The van der Waals surface area contributed by atoms with Crippen LogP contribution in [0.2, 0.25) is 0 Å². The molecule has 1 fully saturated rings. The Labute approximate surface area is 188 Å². The van der Waals surface area contributed by atoms with Crippen molar-refractivity contribution in [3.63, 3.8) is 0 Å². The van der Waals surface area contributed by atoms with Crippen molar-refractivity contribution in [2.45, 2.75) is 71.6 Å². The summed E-state index contributed by atoms with van der Waals surface area (Å²) >= 11 is 0. The van der Waals surface area contributed by atoms with Gasteiger partial charge < -0.3 is 20.2 Å². The van der Waals surface area contributed by atoms with Crippen LogP contribution < -0.4 is 5.32 Å². The van der Waals surface area contributed by atoms with Crippen LogP contribution in [0.3, 0.4) is 0 Å². The molecule has 31 heavy (non-hydrogen) atoms. The first-order valence-corrected chi connectivity index (χ1v) is 12.6.